The molecule has 1 aromatic heterocycles. The predicted molar refractivity (Wildman–Crippen MR) is 125 cm³/mol. The summed E-state index contributed by atoms with van der Waals surface area (Å²) < 4.78 is 5.30. The second-order valence-electron chi connectivity index (χ2n) is 7.34. The van der Waals surface area contributed by atoms with E-state index >= 15 is 0 Å². The van der Waals surface area contributed by atoms with Crippen LogP contribution in [0.5, 0.6) is 0 Å². The second-order valence-corrected chi connectivity index (χ2v) is 7.78. The minimum atomic E-state index is -0.693. The molecule has 164 valence electrons. The molecule has 0 N–H and O–H groups in total. The molecule has 4 rings (SSSR count). The molecule has 0 amide bonds. The van der Waals surface area contributed by atoms with Crippen LogP contribution in [0.2, 0.25) is 5.02 Å². The number of para-hydroxylation sites is 1. The average molecular weight is 461 g/mol. The Morgan fingerprint density at radius 1 is 1.03 bits per heavy atom. The van der Waals surface area contributed by atoms with Crippen molar-refractivity contribution in [2.45, 2.75) is 6.92 Å². The number of ether oxygens (including phenoxy) is 1. The molecule has 0 aliphatic heterocycles. The number of esters is 1. The van der Waals surface area contributed by atoms with E-state index in [1.807, 2.05) is 19.1 Å². The third-order valence-corrected chi connectivity index (χ3v) is 5.37. The Labute approximate surface area is 193 Å². The summed E-state index contributed by atoms with van der Waals surface area (Å²) in [5.41, 5.74) is 2.99. The van der Waals surface area contributed by atoms with Gasteiger partial charge in [-0.1, -0.05) is 54.1 Å². The molecule has 33 heavy (non-hydrogen) atoms. The van der Waals surface area contributed by atoms with Crippen molar-refractivity contribution in [2.24, 2.45) is 0 Å². The van der Waals surface area contributed by atoms with Crippen molar-refractivity contribution in [3.63, 3.8) is 0 Å². The summed E-state index contributed by atoms with van der Waals surface area (Å²) in [5, 5.41) is 12.1. The molecular weight excluding hydrogens is 444 g/mol. The number of rotatable bonds is 6. The Hall–Kier alpha value is -4.10. The first kappa shape index (κ1) is 22.1. The standard InChI is InChI=1S/C25H17ClN2O5/c1-15-4-2-7-20-21(13-22(27-24(15)20)16-8-10-18(26)11-9-16)25(30)33-14-23(29)17-5-3-6-19(12-17)28(31)32/h2-13H,14H2,1H3. The highest BCUT2D eigenvalue weighted by atomic mass is 35.5. The lowest BCUT2D eigenvalue weighted by Crippen LogP contribution is -2.15. The second kappa shape index (κ2) is 9.18. The van der Waals surface area contributed by atoms with Crippen LogP contribution >= 0.6 is 11.6 Å². The van der Waals surface area contributed by atoms with E-state index in [0.29, 0.717) is 21.6 Å². The number of pyridine rings is 1. The molecule has 0 saturated heterocycles. The number of aryl methyl sites for hydroxylation is 1. The number of nitro groups is 1. The Morgan fingerprint density at radius 2 is 1.76 bits per heavy atom. The topological polar surface area (TPSA) is 99.4 Å². The molecule has 1 heterocycles. The lowest BCUT2D eigenvalue weighted by atomic mass is 10.0. The number of hydrogen-bond acceptors (Lipinski definition) is 6. The quantitative estimate of drug-likeness (QED) is 0.156. The predicted octanol–water partition coefficient (Wildman–Crippen LogP) is 5.81. The summed E-state index contributed by atoms with van der Waals surface area (Å²) in [5.74, 6) is -1.23. The summed E-state index contributed by atoms with van der Waals surface area (Å²) in [4.78, 5) is 40.5. The van der Waals surface area contributed by atoms with E-state index in [1.54, 1.807) is 36.4 Å². The molecule has 0 saturated carbocycles. The zero-order chi connectivity index (χ0) is 23.5. The van der Waals surface area contributed by atoms with Crippen LogP contribution in [-0.2, 0) is 4.74 Å². The minimum absolute atomic E-state index is 0.0919. The van der Waals surface area contributed by atoms with Crippen LogP contribution in [0.3, 0.4) is 0 Å². The summed E-state index contributed by atoms with van der Waals surface area (Å²) in [7, 11) is 0. The van der Waals surface area contributed by atoms with Gasteiger partial charge in [-0.3, -0.25) is 14.9 Å². The van der Waals surface area contributed by atoms with Crippen molar-refractivity contribution >= 4 is 39.9 Å². The van der Waals surface area contributed by atoms with Crippen LogP contribution in [-0.4, -0.2) is 28.3 Å². The molecule has 3 aromatic carbocycles. The van der Waals surface area contributed by atoms with Crippen LogP contribution in [0.4, 0.5) is 5.69 Å². The molecule has 8 heteroatoms. The largest absolute Gasteiger partial charge is 0.454 e. The van der Waals surface area contributed by atoms with E-state index in [-0.39, 0.29) is 16.8 Å². The molecule has 0 atom stereocenters. The van der Waals surface area contributed by atoms with Gasteiger partial charge >= 0.3 is 5.97 Å². The van der Waals surface area contributed by atoms with E-state index in [0.717, 1.165) is 17.2 Å². The highest BCUT2D eigenvalue weighted by molar-refractivity contribution is 6.30. The van der Waals surface area contributed by atoms with E-state index in [4.69, 9.17) is 21.3 Å². The fourth-order valence-electron chi connectivity index (χ4n) is 3.41. The number of nitro benzene ring substituents is 1. The number of fused-ring (bicyclic) bond motifs is 1. The zero-order valence-electron chi connectivity index (χ0n) is 17.4. The molecule has 0 radical (unpaired) electrons. The van der Waals surface area contributed by atoms with Gasteiger partial charge in [-0.25, -0.2) is 9.78 Å². The van der Waals surface area contributed by atoms with Crippen LogP contribution in [0, 0.1) is 17.0 Å². The van der Waals surface area contributed by atoms with E-state index in [9.17, 15) is 19.7 Å². The summed E-state index contributed by atoms with van der Waals surface area (Å²) >= 11 is 5.99. The van der Waals surface area contributed by atoms with E-state index in [1.165, 1.54) is 18.2 Å². The molecule has 0 bridgehead atoms. The lowest BCUT2D eigenvalue weighted by Gasteiger charge is -2.11. The molecule has 4 aromatic rings. The van der Waals surface area contributed by atoms with Crippen molar-refractivity contribution in [2.75, 3.05) is 6.61 Å². The first-order valence-electron chi connectivity index (χ1n) is 9.94. The maximum Gasteiger partial charge on any atom is 0.339 e. The number of carbonyl (C=O) groups excluding carboxylic acids is 2. The monoisotopic (exact) mass is 460 g/mol. The van der Waals surface area contributed by atoms with Crippen LogP contribution in [0.15, 0.2) is 72.8 Å². The fraction of sp³-hybridized carbons (Fsp3) is 0.0800. The van der Waals surface area contributed by atoms with E-state index < -0.39 is 23.3 Å². The number of nitrogens with zero attached hydrogens (tertiary/aromatic N) is 2. The van der Waals surface area contributed by atoms with Gasteiger partial charge in [0.2, 0.25) is 5.78 Å². The Morgan fingerprint density at radius 3 is 2.48 bits per heavy atom. The Kier molecular flexibility index (Phi) is 6.15. The van der Waals surface area contributed by atoms with Crippen LogP contribution in [0.1, 0.15) is 26.3 Å². The van der Waals surface area contributed by atoms with Crippen LogP contribution in [0.25, 0.3) is 22.2 Å². The Balaban J connectivity index is 1.65. The van der Waals surface area contributed by atoms with Crippen molar-refractivity contribution in [3.05, 3.63) is 105 Å². The molecule has 0 fully saturated rings. The van der Waals surface area contributed by atoms with Gasteiger partial charge < -0.3 is 4.74 Å². The van der Waals surface area contributed by atoms with Crippen molar-refractivity contribution in [1.82, 2.24) is 4.98 Å². The first-order chi connectivity index (χ1) is 15.8. The van der Waals surface area contributed by atoms with Gasteiger partial charge in [0, 0.05) is 33.7 Å². The molecule has 7 nitrogen and oxygen atoms in total. The minimum Gasteiger partial charge on any atom is -0.454 e. The fourth-order valence-corrected chi connectivity index (χ4v) is 3.54. The highest BCUT2D eigenvalue weighted by Gasteiger charge is 2.19. The van der Waals surface area contributed by atoms with E-state index in [2.05, 4.69) is 0 Å². The van der Waals surface area contributed by atoms with Crippen molar-refractivity contribution in [1.29, 1.82) is 0 Å². The zero-order valence-corrected chi connectivity index (χ0v) is 18.2. The number of aromatic nitrogens is 1. The average Bonchev–Trinajstić information content (AvgIpc) is 2.82. The Bertz CT molecular complexity index is 1400. The number of non-ortho nitro benzene ring substituents is 1. The van der Waals surface area contributed by atoms with Gasteiger partial charge in [0.1, 0.15) is 0 Å². The third kappa shape index (κ3) is 4.73. The summed E-state index contributed by atoms with van der Waals surface area (Å²) in [6, 6.07) is 19.4. The SMILES string of the molecule is Cc1cccc2c(C(=O)OCC(=O)c3cccc([N+](=O)[O-])c3)cc(-c3ccc(Cl)cc3)nc12. The highest BCUT2D eigenvalue weighted by Crippen LogP contribution is 2.28. The summed E-state index contributed by atoms with van der Waals surface area (Å²) in [6.45, 7) is 1.34. The van der Waals surface area contributed by atoms with Gasteiger partial charge in [-0.2, -0.15) is 0 Å². The van der Waals surface area contributed by atoms with Gasteiger partial charge in [0.15, 0.2) is 6.61 Å². The number of carbonyl (C=O) groups is 2. The number of halogens is 1. The molecule has 0 spiro atoms. The first-order valence-corrected chi connectivity index (χ1v) is 10.3. The number of hydrogen-bond donors (Lipinski definition) is 0. The lowest BCUT2D eigenvalue weighted by molar-refractivity contribution is -0.384. The van der Waals surface area contributed by atoms with Crippen molar-refractivity contribution in [3.8, 4) is 11.3 Å². The van der Waals surface area contributed by atoms with Gasteiger partial charge in [-0.15, -0.1) is 0 Å². The third-order valence-electron chi connectivity index (χ3n) is 5.11. The van der Waals surface area contributed by atoms with Crippen LogP contribution < -0.4 is 0 Å². The molecular formula is C25H17ClN2O5. The summed E-state index contributed by atoms with van der Waals surface area (Å²) in [6.07, 6.45) is 0. The number of Topliss-reactive ketones (excluding diaryl/α,β-unsaturated/α-hetero) is 1. The smallest absolute Gasteiger partial charge is 0.339 e. The maximum atomic E-state index is 13.0. The maximum absolute atomic E-state index is 13.0. The van der Waals surface area contributed by atoms with Gasteiger partial charge in [0.05, 0.1) is 21.7 Å². The number of benzene rings is 3. The van der Waals surface area contributed by atoms with Gasteiger partial charge in [-0.05, 0) is 30.7 Å². The molecule has 0 aliphatic rings. The molecule has 0 unspecified atom stereocenters. The van der Waals surface area contributed by atoms with Crippen molar-refractivity contribution < 1.29 is 19.2 Å². The normalized spacial score (nSPS) is 10.7. The molecule has 0 aliphatic carbocycles. The number of ketones is 1. The van der Waals surface area contributed by atoms with Gasteiger partial charge in [0.25, 0.3) is 5.69 Å².